The molecule has 1 atom stereocenters. The fraction of sp³-hybridized carbons (Fsp3) is 0.400. The Hall–Kier alpha value is -1.56. The van der Waals surface area contributed by atoms with Gasteiger partial charge in [-0.2, -0.15) is 5.10 Å². The largest absolute Gasteiger partial charge is 0.493 e. The number of halogens is 1. The Morgan fingerprint density at radius 2 is 2.00 bits per heavy atom. The number of likely N-dealkylation sites (N-methyl/N-ethyl adjacent to an activating group) is 1. The molecule has 2 aromatic rings. The van der Waals surface area contributed by atoms with Crippen LogP contribution in [0.1, 0.15) is 17.4 Å². The normalized spacial score (nSPS) is 12.7. The van der Waals surface area contributed by atoms with Gasteiger partial charge in [0.1, 0.15) is 11.8 Å². The van der Waals surface area contributed by atoms with Gasteiger partial charge in [-0.1, -0.05) is 23.7 Å². The second-order valence-corrected chi connectivity index (χ2v) is 5.52. The molecule has 2 rings (SSSR count). The summed E-state index contributed by atoms with van der Waals surface area (Å²) >= 11 is 5.89. The molecule has 1 unspecified atom stereocenters. The number of aliphatic hydroxyl groups excluding tert-OH is 1. The number of aliphatic hydroxyl groups is 1. The SMILES string of the molecule is COc1cnn(CCN(C)C)c1C(O)c1ccc(Cl)cc1. The fourth-order valence-electron chi connectivity index (χ4n) is 2.09. The van der Waals surface area contributed by atoms with Crippen molar-refractivity contribution in [2.24, 2.45) is 0 Å². The van der Waals surface area contributed by atoms with Crippen LogP contribution >= 0.6 is 11.6 Å². The molecular formula is C15H20ClN3O2. The minimum Gasteiger partial charge on any atom is -0.493 e. The maximum atomic E-state index is 10.6. The Labute approximate surface area is 129 Å². The van der Waals surface area contributed by atoms with Gasteiger partial charge in [-0.25, -0.2) is 0 Å². The zero-order chi connectivity index (χ0) is 15.4. The Morgan fingerprint density at radius 1 is 1.33 bits per heavy atom. The van der Waals surface area contributed by atoms with Crippen molar-refractivity contribution in [3.8, 4) is 5.75 Å². The summed E-state index contributed by atoms with van der Waals surface area (Å²) in [5, 5.41) is 15.6. The zero-order valence-corrected chi connectivity index (χ0v) is 13.2. The molecule has 1 heterocycles. The number of ether oxygens (including phenoxy) is 1. The first-order valence-electron chi connectivity index (χ1n) is 6.71. The van der Waals surface area contributed by atoms with Crippen molar-refractivity contribution in [3.63, 3.8) is 0 Å². The van der Waals surface area contributed by atoms with E-state index in [1.165, 1.54) is 0 Å². The third-order valence-corrected chi connectivity index (χ3v) is 3.52. The van der Waals surface area contributed by atoms with E-state index in [9.17, 15) is 5.11 Å². The molecule has 0 saturated carbocycles. The maximum Gasteiger partial charge on any atom is 0.163 e. The Balaban J connectivity index is 2.31. The summed E-state index contributed by atoms with van der Waals surface area (Å²) in [6, 6.07) is 7.12. The van der Waals surface area contributed by atoms with E-state index < -0.39 is 6.10 Å². The van der Waals surface area contributed by atoms with E-state index in [1.54, 1.807) is 42.3 Å². The van der Waals surface area contributed by atoms with Gasteiger partial charge in [0.15, 0.2) is 5.75 Å². The lowest BCUT2D eigenvalue weighted by atomic mass is 10.1. The van der Waals surface area contributed by atoms with Gasteiger partial charge in [0.05, 0.1) is 19.9 Å². The lowest BCUT2D eigenvalue weighted by molar-refractivity contribution is 0.200. The van der Waals surface area contributed by atoms with E-state index in [2.05, 4.69) is 10.00 Å². The van der Waals surface area contributed by atoms with Crippen LogP contribution in [0.4, 0.5) is 0 Å². The number of benzene rings is 1. The fourth-order valence-corrected chi connectivity index (χ4v) is 2.21. The molecule has 114 valence electrons. The third-order valence-electron chi connectivity index (χ3n) is 3.27. The molecule has 0 bridgehead atoms. The van der Waals surface area contributed by atoms with E-state index in [0.29, 0.717) is 23.0 Å². The minimum atomic E-state index is -0.804. The smallest absolute Gasteiger partial charge is 0.163 e. The molecule has 0 aliphatic carbocycles. The van der Waals surface area contributed by atoms with Crippen LogP contribution in [0.3, 0.4) is 0 Å². The highest BCUT2D eigenvalue weighted by atomic mass is 35.5. The molecule has 0 aliphatic heterocycles. The van der Waals surface area contributed by atoms with Crippen molar-refractivity contribution in [2.45, 2.75) is 12.6 Å². The van der Waals surface area contributed by atoms with Gasteiger partial charge < -0.3 is 14.7 Å². The highest BCUT2D eigenvalue weighted by molar-refractivity contribution is 6.30. The molecule has 6 heteroatoms. The molecule has 0 fully saturated rings. The first kappa shape index (κ1) is 15.8. The van der Waals surface area contributed by atoms with Crippen LogP contribution in [-0.4, -0.2) is 47.5 Å². The third kappa shape index (κ3) is 3.75. The van der Waals surface area contributed by atoms with Crippen LogP contribution in [-0.2, 0) is 6.54 Å². The number of hydrogen-bond donors (Lipinski definition) is 1. The molecule has 5 nitrogen and oxygen atoms in total. The van der Waals surface area contributed by atoms with Gasteiger partial charge in [-0.15, -0.1) is 0 Å². The number of rotatable bonds is 6. The standard InChI is InChI=1S/C15H20ClN3O2/c1-18(2)8-9-19-14(13(21-3)10-17-19)15(20)11-4-6-12(16)7-5-11/h4-7,10,15,20H,8-9H2,1-3H3. The second kappa shape index (κ2) is 6.93. The molecule has 0 spiro atoms. The summed E-state index contributed by atoms with van der Waals surface area (Å²) in [4.78, 5) is 2.06. The Bertz CT molecular complexity index is 581. The van der Waals surface area contributed by atoms with Gasteiger partial charge in [-0.3, -0.25) is 4.68 Å². The molecule has 1 aromatic carbocycles. The molecule has 21 heavy (non-hydrogen) atoms. The van der Waals surface area contributed by atoms with Crippen molar-refractivity contribution in [2.75, 3.05) is 27.7 Å². The highest BCUT2D eigenvalue weighted by Gasteiger charge is 2.21. The summed E-state index contributed by atoms with van der Waals surface area (Å²) in [7, 11) is 5.57. The van der Waals surface area contributed by atoms with Crippen molar-refractivity contribution in [1.29, 1.82) is 0 Å². The minimum absolute atomic E-state index is 0.580. The molecule has 0 radical (unpaired) electrons. The van der Waals surface area contributed by atoms with Crippen molar-refractivity contribution >= 4 is 11.6 Å². The van der Waals surface area contributed by atoms with Gasteiger partial charge in [0, 0.05) is 11.6 Å². The van der Waals surface area contributed by atoms with Crippen LogP contribution < -0.4 is 4.74 Å². The lowest BCUT2D eigenvalue weighted by Crippen LogP contribution is -2.21. The van der Waals surface area contributed by atoms with Gasteiger partial charge in [-0.05, 0) is 31.8 Å². The van der Waals surface area contributed by atoms with E-state index >= 15 is 0 Å². The van der Waals surface area contributed by atoms with Crippen molar-refractivity contribution < 1.29 is 9.84 Å². The van der Waals surface area contributed by atoms with Crippen LogP contribution in [0.15, 0.2) is 30.5 Å². The average Bonchev–Trinajstić information content (AvgIpc) is 2.88. The van der Waals surface area contributed by atoms with Gasteiger partial charge >= 0.3 is 0 Å². The Morgan fingerprint density at radius 3 is 2.57 bits per heavy atom. The average molecular weight is 310 g/mol. The summed E-state index contributed by atoms with van der Waals surface area (Å²) in [5.41, 5.74) is 1.41. The van der Waals surface area contributed by atoms with Crippen LogP contribution in [0, 0.1) is 0 Å². The predicted molar refractivity (Wildman–Crippen MR) is 82.8 cm³/mol. The summed E-state index contributed by atoms with van der Waals surface area (Å²) in [6.07, 6.45) is 0.825. The first-order valence-corrected chi connectivity index (χ1v) is 7.08. The molecular weight excluding hydrogens is 290 g/mol. The number of methoxy groups -OCH3 is 1. The first-order chi connectivity index (χ1) is 10.0. The van der Waals surface area contributed by atoms with Crippen LogP contribution in [0.25, 0.3) is 0 Å². The summed E-state index contributed by atoms with van der Waals surface area (Å²) in [6.45, 7) is 1.50. The predicted octanol–water partition coefficient (Wildman–Crippen LogP) is 2.19. The molecule has 1 aromatic heterocycles. The number of hydrogen-bond acceptors (Lipinski definition) is 4. The topological polar surface area (TPSA) is 50.5 Å². The van der Waals surface area contributed by atoms with E-state index in [4.69, 9.17) is 16.3 Å². The highest BCUT2D eigenvalue weighted by Crippen LogP contribution is 2.30. The molecule has 0 saturated heterocycles. The number of nitrogens with zero attached hydrogens (tertiary/aromatic N) is 3. The quantitative estimate of drug-likeness (QED) is 0.888. The second-order valence-electron chi connectivity index (χ2n) is 5.08. The van der Waals surface area contributed by atoms with Gasteiger partial charge in [0.25, 0.3) is 0 Å². The van der Waals surface area contributed by atoms with Gasteiger partial charge in [0.2, 0.25) is 0 Å². The molecule has 0 amide bonds. The van der Waals surface area contributed by atoms with Crippen molar-refractivity contribution in [3.05, 3.63) is 46.7 Å². The summed E-state index contributed by atoms with van der Waals surface area (Å²) in [5.74, 6) is 0.580. The van der Waals surface area contributed by atoms with E-state index in [0.717, 1.165) is 12.1 Å². The maximum absolute atomic E-state index is 10.6. The molecule has 1 N–H and O–H groups in total. The van der Waals surface area contributed by atoms with Crippen molar-refractivity contribution in [1.82, 2.24) is 14.7 Å². The monoisotopic (exact) mass is 309 g/mol. The number of aromatic nitrogens is 2. The molecule has 0 aliphatic rings. The van der Waals surface area contributed by atoms with Crippen LogP contribution in [0.5, 0.6) is 5.75 Å². The lowest BCUT2D eigenvalue weighted by Gasteiger charge is -2.17. The summed E-state index contributed by atoms with van der Waals surface area (Å²) < 4.78 is 7.09. The Kier molecular flexibility index (Phi) is 5.22. The van der Waals surface area contributed by atoms with Crippen LogP contribution in [0.2, 0.25) is 5.02 Å². The van der Waals surface area contributed by atoms with E-state index in [1.807, 2.05) is 14.1 Å². The zero-order valence-electron chi connectivity index (χ0n) is 12.5. The van der Waals surface area contributed by atoms with E-state index in [-0.39, 0.29) is 0 Å².